The molecule has 0 saturated carbocycles. The minimum atomic E-state index is -0.0954. The second-order valence-corrected chi connectivity index (χ2v) is 3.42. The van der Waals surface area contributed by atoms with Gasteiger partial charge in [0.25, 0.3) is 0 Å². The quantitative estimate of drug-likeness (QED) is 0.840. The van der Waals surface area contributed by atoms with Crippen LogP contribution in [0, 0.1) is 6.92 Å². The van der Waals surface area contributed by atoms with E-state index in [0.717, 1.165) is 0 Å². The third-order valence-electron chi connectivity index (χ3n) is 2.05. The van der Waals surface area contributed by atoms with Crippen LogP contribution in [-0.4, -0.2) is 20.6 Å². The summed E-state index contributed by atoms with van der Waals surface area (Å²) in [5, 5.41) is 6.32. The fourth-order valence-electron chi connectivity index (χ4n) is 1.28. The van der Waals surface area contributed by atoms with Gasteiger partial charge in [-0.25, -0.2) is 4.98 Å². The molecule has 0 fully saturated rings. The van der Waals surface area contributed by atoms with Crippen LogP contribution < -0.4 is 5.32 Å². The van der Waals surface area contributed by atoms with E-state index >= 15 is 0 Å². The zero-order valence-electron chi connectivity index (χ0n) is 8.88. The molecular formula is C10H12N4O2. The van der Waals surface area contributed by atoms with E-state index in [1.807, 2.05) is 10.8 Å². The molecule has 6 nitrogen and oxygen atoms in total. The second kappa shape index (κ2) is 4.61. The molecule has 6 heteroatoms. The molecule has 2 rings (SSSR count). The summed E-state index contributed by atoms with van der Waals surface area (Å²) in [7, 11) is 0. The van der Waals surface area contributed by atoms with E-state index in [1.165, 1.54) is 0 Å². The zero-order valence-corrected chi connectivity index (χ0v) is 8.88. The molecular weight excluding hydrogens is 208 g/mol. The van der Waals surface area contributed by atoms with Gasteiger partial charge >= 0.3 is 0 Å². The molecule has 84 valence electrons. The van der Waals surface area contributed by atoms with Gasteiger partial charge in [0, 0.05) is 31.4 Å². The molecule has 16 heavy (non-hydrogen) atoms. The Morgan fingerprint density at radius 3 is 3.12 bits per heavy atom. The standard InChI is InChI=1S/C10H12N4O2/c1-8-6-9(13-16-8)12-10(15)2-4-14-5-3-11-7-14/h3,5-7H,2,4H2,1H3,(H,12,13,15). The Labute approximate surface area is 92.3 Å². The predicted molar refractivity (Wildman–Crippen MR) is 56.7 cm³/mol. The van der Waals surface area contributed by atoms with E-state index < -0.39 is 0 Å². The molecule has 0 atom stereocenters. The summed E-state index contributed by atoms with van der Waals surface area (Å²) in [6.45, 7) is 2.37. The number of aryl methyl sites for hydroxylation is 2. The van der Waals surface area contributed by atoms with Crippen molar-refractivity contribution >= 4 is 11.7 Å². The molecule has 0 saturated heterocycles. The Morgan fingerprint density at radius 2 is 2.50 bits per heavy atom. The van der Waals surface area contributed by atoms with Crippen LogP contribution in [0.3, 0.4) is 0 Å². The number of hydrogen-bond acceptors (Lipinski definition) is 4. The lowest BCUT2D eigenvalue weighted by molar-refractivity contribution is -0.116. The number of imidazole rings is 1. The number of carbonyl (C=O) groups is 1. The third kappa shape index (κ3) is 2.69. The zero-order chi connectivity index (χ0) is 11.4. The summed E-state index contributed by atoms with van der Waals surface area (Å²) in [5.74, 6) is 1.03. The Balaban J connectivity index is 1.81. The van der Waals surface area contributed by atoms with Gasteiger partial charge in [-0.15, -0.1) is 0 Å². The summed E-state index contributed by atoms with van der Waals surface area (Å²) in [5.41, 5.74) is 0. The molecule has 1 amide bonds. The van der Waals surface area contributed by atoms with Crippen LogP contribution in [0.2, 0.25) is 0 Å². The minimum absolute atomic E-state index is 0.0954. The van der Waals surface area contributed by atoms with Gasteiger partial charge in [-0.1, -0.05) is 5.16 Å². The highest BCUT2D eigenvalue weighted by atomic mass is 16.5. The van der Waals surface area contributed by atoms with Gasteiger partial charge in [0.2, 0.25) is 5.91 Å². The van der Waals surface area contributed by atoms with Crippen molar-refractivity contribution in [1.29, 1.82) is 0 Å². The van der Waals surface area contributed by atoms with Gasteiger partial charge in [-0.2, -0.15) is 0 Å². The van der Waals surface area contributed by atoms with Crippen molar-refractivity contribution in [2.24, 2.45) is 0 Å². The highest BCUT2D eigenvalue weighted by Gasteiger charge is 2.05. The lowest BCUT2D eigenvalue weighted by Crippen LogP contribution is -2.14. The van der Waals surface area contributed by atoms with Crippen LogP contribution in [0.25, 0.3) is 0 Å². The normalized spacial score (nSPS) is 10.3. The van der Waals surface area contributed by atoms with Gasteiger partial charge in [0.1, 0.15) is 5.76 Å². The predicted octanol–water partition coefficient (Wildman–Crippen LogP) is 1.21. The van der Waals surface area contributed by atoms with Crippen molar-refractivity contribution in [2.75, 3.05) is 5.32 Å². The number of carbonyl (C=O) groups excluding carboxylic acids is 1. The van der Waals surface area contributed by atoms with Crippen LogP contribution in [0.4, 0.5) is 5.82 Å². The molecule has 2 aromatic rings. The number of anilines is 1. The first kappa shape index (κ1) is 10.4. The molecule has 2 aromatic heterocycles. The molecule has 0 aromatic carbocycles. The average Bonchev–Trinajstić information content (AvgIpc) is 2.87. The summed E-state index contributed by atoms with van der Waals surface area (Å²) in [6, 6.07) is 1.68. The number of nitrogens with one attached hydrogen (secondary N) is 1. The Morgan fingerprint density at radius 1 is 1.62 bits per heavy atom. The highest BCUT2D eigenvalue weighted by molar-refractivity contribution is 5.89. The van der Waals surface area contributed by atoms with Gasteiger partial charge < -0.3 is 14.4 Å². The van der Waals surface area contributed by atoms with Crippen molar-refractivity contribution in [3.05, 3.63) is 30.5 Å². The Kier molecular flexibility index (Phi) is 3.00. The van der Waals surface area contributed by atoms with Crippen molar-refractivity contribution in [2.45, 2.75) is 19.9 Å². The van der Waals surface area contributed by atoms with Gasteiger partial charge in [0.05, 0.1) is 6.33 Å². The maximum atomic E-state index is 11.5. The van der Waals surface area contributed by atoms with Crippen LogP contribution in [-0.2, 0) is 11.3 Å². The molecule has 0 bridgehead atoms. The lowest BCUT2D eigenvalue weighted by atomic mass is 10.4. The van der Waals surface area contributed by atoms with Crippen LogP contribution >= 0.6 is 0 Å². The molecule has 0 aliphatic rings. The first-order chi connectivity index (χ1) is 7.74. The second-order valence-electron chi connectivity index (χ2n) is 3.42. The number of amides is 1. The molecule has 0 aliphatic heterocycles. The summed E-state index contributed by atoms with van der Waals surface area (Å²) in [4.78, 5) is 15.4. The summed E-state index contributed by atoms with van der Waals surface area (Å²) in [6.07, 6.45) is 5.54. The monoisotopic (exact) mass is 220 g/mol. The van der Waals surface area contributed by atoms with Gasteiger partial charge in [-0.3, -0.25) is 4.79 Å². The lowest BCUT2D eigenvalue weighted by Gasteiger charge is -2.01. The van der Waals surface area contributed by atoms with Crippen LogP contribution in [0.15, 0.2) is 29.3 Å². The van der Waals surface area contributed by atoms with Crippen molar-refractivity contribution < 1.29 is 9.32 Å². The highest BCUT2D eigenvalue weighted by Crippen LogP contribution is 2.07. The molecule has 0 spiro atoms. The number of aromatic nitrogens is 3. The molecule has 0 aliphatic carbocycles. The van der Waals surface area contributed by atoms with Crippen molar-refractivity contribution in [3.63, 3.8) is 0 Å². The molecule has 2 heterocycles. The SMILES string of the molecule is Cc1cc(NC(=O)CCn2ccnc2)no1. The van der Waals surface area contributed by atoms with E-state index in [-0.39, 0.29) is 5.91 Å². The minimum Gasteiger partial charge on any atom is -0.360 e. The third-order valence-corrected chi connectivity index (χ3v) is 2.05. The fourth-order valence-corrected chi connectivity index (χ4v) is 1.28. The maximum absolute atomic E-state index is 11.5. The van der Waals surface area contributed by atoms with E-state index in [2.05, 4.69) is 15.5 Å². The van der Waals surface area contributed by atoms with Crippen molar-refractivity contribution in [3.8, 4) is 0 Å². The smallest absolute Gasteiger partial charge is 0.227 e. The average molecular weight is 220 g/mol. The van der Waals surface area contributed by atoms with E-state index in [4.69, 9.17) is 4.52 Å². The van der Waals surface area contributed by atoms with Gasteiger partial charge in [-0.05, 0) is 6.92 Å². The number of rotatable bonds is 4. The van der Waals surface area contributed by atoms with Gasteiger partial charge in [0.15, 0.2) is 5.82 Å². The summed E-state index contributed by atoms with van der Waals surface area (Å²) < 4.78 is 6.68. The maximum Gasteiger partial charge on any atom is 0.227 e. The Hall–Kier alpha value is -2.11. The first-order valence-electron chi connectivity index (χ1n) is 4.93. The topological polar surface area (TPSA) is 73.0 Å². The van der Waals surface area contributed by atoms with E-state index in [9.17, 15) is 4.79 Å². The molecule has 0 radical (unpaired) electrons. The molecule has 1 N–H and O–H groups in total. The number of hydrogen-bond donors (Lipinski definition) is 1. The largest absolute Gasteiger partial charge is 0.360 e. The van der Waals surface area contributed by atoms with Crippen LogP contribution in [0.1, 0.15) is 12.2 Å². The fraction of sp³-hybridized carbons (Fsp3) is 0.300. The van der Waals surface area contributed by atoms with Crippen LogP contribution in [0.5, 0.6) is 0 Å². The van der Waals surface area contributed by atoms with Crippen molar-refractivity contribution in [1.82, 2.24) is 14.7 Å². The van der Waals surface area contributed by atoms with E-state index in [0.29, 0.717) is 24.5 Å². The number of nitrogens with zero attached hydrogens (tertiary/aromatic N) is 3. The summed E-state index contributed by atoms with van der Waals surface area (Å²) >= 11 is 0. The Bertz CT molecular complexity index is 461. The van der Waals surface area contributed by atoms with E-state index in [1.54, 1.807) is 25.5 Å². The molecule has 0 unspecified atom stereocenters. The first-order valence-corrected chi connectivity index (χ1v) is 4.93.